The number of hydrogen-bond acceptors (Lipinski definition) is 3. The molecule has 0 aliphatic carbocycles. The maximum atomic E-state index is 12.1. The number of hydrogen-bond donors (Lipinski definition) is 2. The van der Waals surface area contributed by atoms with Gasteiger partial charge in [-0.05, 0) is 51.6 Å². The normalized spacial score (nSPS) is 20.6. The summed E-state index contributed by atoms with van der Waals surface area (Å²) in [4.78, 5) is 14.3. The molecule has 1 fully saturated rings. The molecule has 4 heteroatoms. The summed E-state index contributed by atoms with van der Waals surface area (Å²) in [5.41, 5.74) is 0. The maximum Gasteiger partial charge on any atom is 0.234 e. The van der Waals surface area contributed by atoms with Crippen molar-refractivity contribution in [1.82, 2.24) is 15.5 Å². The molecule has 1 aliphatic rings. The van der Waals surface area contributed by atoms with Crippen molar-refractivity contribution >= 4 is 5.91 Å². The zero-order valence-electron chi connectivity index (χ0n) is 13.7. The molecule has 0 radical (unpaired) electrons. The van der Waals surface area contributed by atoms with E-state index in [9.17, 15) is 4.79 Å². The maximum absolute atomic E-state index is 12.1. The molecular formula is C16H33N3O. The van der Waals surface area contributed by atoms with E-state index in [1.165, 1.54) is 19.3 Å². The molecule has 0 aromatic heterocycles. The van der Waals surface area contributed by atoms with Gasteiger partial charge in [0, 0.05) is 18.6 Å². The molecular weight excluding hydrogens is 250 g/mol. The van der Waals surface area contributed by atoms with Crippen LogP contribution >= 0.6 is 0 Å². The molecule has 1 amide bonds. The predicted octanol–water partition coefficient (Wildman–Crippen LogP) is 2.00. The molecule has 1 saturated heterocycles. The van der Waals surface area contributed by atoms with Crippen molar-refractivity contribution in [3.8, 4) is 0 Å². The Morgan fingerprint density at radius 3 is 2.65 bits per heavy atom. The fourth-order valence-corrected chi connectivity index (χ4v) is 2.71. The Hall–Kier alpha value is -0.610. The number of carbonyl (C=O) groups is 1. The van der Waals surface area contributed by atoms with Crippen molar-refractivity contribution in [2.24, 2.45) is 5.92 Å². The molecule has 0 aromatic carbocycles. The van der Waals surface area contributed by atoms with Crippen LogP contribution in [0.3, 0.4) is 0 Å². The quantitative estimate of drug-likeness (QED) is 0.680. The number of likely N-dealkylation sites (N-methyl/N-ethyl adjacent to an activating group) is 1. The fourth-order valence-electron chi connectivity index (χ4n) is 2.71. The van der Waals surface area contributed by atoms with Gasteiger partial charge in [-0.3, -0.25) is 9.69 Å². The molecule has 4 nitrogen and oxygen atoms in total. The third-order valence-corrected chi connectivity index (χ3v) is 4.04. The third kappa shape index (κ3) is 7.25. The third-order valence-electron chi connectivity index (χ3n) is 4.04. The lowest BCUT2D eigenvalue weighted by molar-refractivity contribution is -0.122. The first kappa shape index (κ1) is 17.4. The van der Waals surface area contributed by atoms with E-state index in [0.717, 1.165) is 26.1 Å². The van der Waals surface area contributed by atoms with E-state index in [-0.39, 0.29) is 11.9 Å². The lowest BCUT2D eigenvalue weighted by Gasteiger charge is -2.24. The van der Waals surface area contributed by atoms with Crippen LogP contribution in [0.1, 0.15) is 53.4 Å². The van der Waals surface area contributed by atoms with Gasteiger partial charge >= 0.3 is 0 Å². The van der Waals surface area contributed by atoms with Crippen molar-refractivity contribution in [2.45, 2.75) is 65.5 Å². The second-order valence-corrected chi connectivity index (χ2v) is 6.56. The van der Waals surface area contributed by atoms with E-state index in [2.05, 4.69) is 43.2 Å². The zero-order chi connectivity index (χ0) is 15.0. The summed E-state index contributed by atoms with van der Waals surface area (Å²) in [7, 11) is 0. The molecule has 2 N–H and O–H groups in total. The molecule has 118 valence electrons. The summed E-state index contributed by atoms with van der Waals surface area (Å²) in [5, 5.41) is 6.62. The SMILES string of the molecule is CCN(CC(=O)NC(C)CCC(C)C)CC1CCCN1. The van der Waals surface area contributed by atoms with Crippen LogP contribution in [0.5, 0.6) is 0 Å². The highest BCUT2D eigenvalue weighted by Crippen LogP contribution is 2.08. The standard InChI is InChI=1S/C16H33N3O/c1-5-19(11-15-7-6-10-17-15)12-16(20)18-14(4)9-8-13(2)3/h13-15,17H,5-12H2,1-4H3,(H,18,20). The molecule has 0 bridgehead atoms. The van der Waals surface area contributed by atoms with Gasteiger partial charge in [-0.2, -0.15) is 0 Å². The van der Waals surface area contributed by atoms with Crippen molar-refractivity contribution < 1.29 is 4.79 Å². The first-order valence-electron chi connectivity index (χ1n) is 8.26. The molecule has 0 spiro atoms. The average molecular weight is 283 g/mol. The Morgan fingerprint density at radius 2 is 2.10 bits per heavy atom. The molecule has 20 heavy (non-hydrogen) atoms. The Balaban J connectivity index is 2.23. The molecule has 0 saturated carbocycles. The van der Waals surface area contributed by atoms with Crippen LogP contribution in [0, 0.1) is 5.92 Å². The summed E-state index contributed by atoms with van der Waals surface area (Å²) in [6.45, 7) is 12.3. The van der Waals surface area contributed by atoms with Crippen LogP contribution < -0.4 is 10.6 Å². The van der Waals surface area contributed by atoms with Crippen molar-refractivity contribution in [2.75, 3.05) is 26.2 Å². The van der Waals surface area contributed by atoms with E-state index in [0.29, 0.717) is 18.5 Å². The monoisotopic (exact) mass is 283 g/mol. The van der Waals surface area contributed by atoms with Gasteiger partial charge in [-0.1, -0.05) is 20.8 Å². The first-order chi connectivity index (χ1) is 9.51. The van der Waals surface area contributed by atoms with E-state index in [1.54, 1.807) is 0 Å². The predicted molar refractivity (Wildman–Crippen MR) is 84.8 cm³/mol. The topological polar surface area (TPSA) is 44.4 Å². The Kier molecular flexibility index (Phi) is 8.15. The smallest absolute Gasteiger partial charge is 0.234 e. The highest BCUT2D eigenvalue weighted by atomic mass is 16.2. The van der Waals surface area contributed by atoms with Gasteiger partial charge < -0.3 is 10.6 Å². The van der Waals surface area contributed by atoms with E-state index in [4.69, 9.17) is 0 Å². The molecule has 1 rings (SSSR count). The minimum atomic E-state index is 0.168. The minimum Gasteiger partial charge on any atom is -0.353 e. The highest BCUT2D eigenvalue weighted by Gasteiger charge is 2.19. The van der Waals surface area contributed by atoms with Gasteiger partial charge in [-0.15, -0.1) is 0 Å². The van der Waals surface area contributed by atoms with Crippen molar-refractivity contribution in [3.05, 3.63) is 0 Å². The molecule has 2 atom stereocenters. The summed E-state index contributed by atoms with van der Waals surface area (Å²) in [6, 6.07) is 0.856. The van der Waals surface area contributed by atoms with Crippen LogP contribution in [0.15, 0.2) is 0 Å². The van der Waals surface area contributed by atoms with E-state index < -0.39 is 0 Å². The van der Waals surface area contributed by atoms with Gasteiger partial charge in [0.25, 0.3) is 0 Å². The largest absolute Gasteiger partial charge is 0.353 e. The molecule has 1 heterocycles. The molecule has 0 aromatic rings. The lowest BCUT2D eigenvalue weighted by atomic mass is 10.0. The van der Waals surface area contributed by atoms with E-state index in [1.807, 2.05) is 0 Å². The van der Waals surface area contributed by atoms with Gasteiger partial charge in [0.05, 0.1) is 6.54 Å². The second-order valence-electron chi connectivity index (χ2n) is 6.56. The van der Waals surface area contributed by atoms with Crippen LogP contribution in [-0.4, -0.2) is 49.1 Å². The van der Waals surface area contributed by atoms with Crippen LogP contribution in [0.4, 0.5) is 0 Å². The van der Waals surface area contributed by atoms with Gasteiger partial charge in [0.15, 0.2) is 0 Å². The van der Waals surface area contributed by atoms with Crippen LogP contribution in [-0.2, 0) is 4.79 Å². The number of carbonyl (C=O) groups excluding carboxylic acids is 1. The summed E-state index contributed by atoms with van der Waals surface area (Å²) in [6.07, 6.45) is 4.74. The van der Waals surface area contributed by atoms with Gasteiger partial charge in [0.1, 0.15) is 0 Å². The zero-order valence-corrected chi connectivity index (χ0v) is 13.7. The average Bonchev–Trinajstić information content (AvgIpc) is 2.88. The van der Waals surface area contributed by atoms with Crippen LogP contribution in [0.2, 0.25) is 0 Å². The Labute approximate surface area is 124 Å². The van der Waals surface area contributed by atoms with Crippen LogP contribution in [0.25, 0.3) is 0 Å². The summed E-state index contributed by atoms with van der Waals surface area (Å²) < 4.78 is 0. The van der Waals surface area contributed by atoms with Gasteiger partial charge in [-0.25, -0.2) is 0 Å². The van der Waals surface area contributed by atoms with Crippen molar-refractivity contribution in [3.63, 3.8) is 0 Å². The molecule has 1 aliphatic heterocycles. The van der Waals surface area contributed by atoms with Crippen molar-refractivity contribution in [1.29, 1.82) is 0 Å². The Morgan fingerprint density at radius 1 is 1.35 bits per heavy atom. The van der Waals surface area contributed by atoms with Gasteiger partial charge in [0.2, 0.25) is 5.91 Å². The number of rotatable bonds is 9. The number of nitrogens with one attached hydrogen (secondary N) is 2. The number of amides is 1. The molecule has 2 unspecified atom stereocenters. The van der Waals surface area contributed by atoms with E-state index >= 15 is 0 Å². The second kappa shape index (κ2) is 9.35. The Bertz CT molecular complexity index is 275. The lowest BCUT2D eigenvalue weighted by Crippen LogP contribution is -2.45. The minimum absolute atomic E-state index is 0.168. The number of nitrogens with zero attached hydrogens (tertiary/aromatic N) is 1. The first-order valence-corrected chi connectivity index (χ1v) is 8.26. The fraction of sp³-hybridized carbons (Fsp3) is 0.938. The summed E-state index contributed by atoms with van der Waals surface area (Å²) >= 11 is 0. The highest BCUT2D eigenvalue weighted by molar-refractivity contribution is 5.78. The summed E-state index contributed by atoms with van der Waals surface area (Å²) in [5.74, 6) is 0.871.